The number of anilines is 1. The number of piperazine rings is 1. The number of nitrogens with two attached hydrogens (primary N) is 1. The van der Waals surface area contributed by atoms with Crippen molar-refractivity contribution in [3.63, 3.8) is 0 Å². The fourth-order valence-corrected chi connectivity index (χ4v) is 3.15. The third-order valence-corrected chi connectivity index (χ3v) is 4.54. The lowest BCUT2D eigenvalue weighted by atomic mass is 10.2. The number of likely N-dealkylation sites (N-methyl/N-ethyl adjacent to an activating group) is 1. The Kier molecular flexibility index (Phi) is 4.55. The van der Waals surface area contributed by atoms with Crippen LogP contribution in [0.15, 0.2) is 0 Å². The largest absolute Gasteiger partial charge is 0.378 e. The first-order valence-corrected chi connectivity index (χ1v) is 7.11. The molecule has 1 aromatic rings. The number of hydrogen-bond donors (Lipinski definition) is 1. The van der Waals surface area contributed by atoms with Crippen molar-refractivity contribution in [3.8, 4) is 0 Å². The molecule has 2 N–H and O–H groups in total. The summed E-state index contributed by atoms with van der Waals surface area (Å²) in [5.74, 6) is 0. The Morgan fingerprint density at radius 2 is 2.06 bits per heavy atom. The van der Waals surface area contributed by atoms with Crippen LogP contribution in [0.5, 0.6) is 0 Å². The molecule has 18 heavy (non-hydrogen) atoms. The molecule has 1 aliphatic heterocycles. The number of aromatic nitrogens is 1. The number of rotatable bonds is 4. The zero-order valence-corrected chi connectivity index (χ0v) is 12.2. The molecule has 1 fully saturated rings. The Morgan fingerprint density at radius 3 is 2.61 bits per heavy atom. The summed E-state index contributed by atoms with van der Waals surface area (Å²) in [5, 5.41) is 1.09. The van der Waals surface area contributed by atoms with Gasteiger partial charge in [-0.3, -0.25) is 0 Å². The van der Waals surface area contributed by atoms with Crippen molar-refractivity contribution in [3.05, 3.63) is 10.6 Å². The third-order valence-electron chi connectivity index (χ3n) is 3.18. The van der Waals surface area contributed by atoms with Crippen LogP contribution < -0.4 is 10.6 Å². The smallest absolute Gasteiger partial charge is 0.186 e. The first kappa shape index (κ1) is 13.7. The molecule has 0 saturated carbocycles. The molecule has 0 aromatic carbocycles. The van der Waals surface area contributed by atoms with E-state index in [9.17, 15) is 0 Å². The molecule has 5 nitrogen and oxygen atoms in total. The highest BCUT2D eigenvalue weighted by Crippen LogP contribution is 2.31. The average Bonchev–Trinajstić information content (AvgIpc) is 2.75. The molecular weight excluding hydrogens is 248 g/mol. The lowest BCUT2D eigenvalue weighted by Gasteiger charge is -2.32. The maximum atomic E-state index is 6.00. The minimum atomic E-state index is 0.0221. The van der Waals surface area contributed by atoms with Crippen molar-refractivity contribution in [1.29, 1.82) is 0 Å². The molecule has 1 saturated heterocycles. The van der Waals surface area contributed by atoms with Gasteiger partial charge in [0.05, 0.1) is 12.3 Å². The molecule has 0 spiro atoms. The molecule has 0 bridgehead atoms. The number of hydrogen-bond acceptors (Lipinski definition) is 6. The van der Waals surface area contributed by atoms with Crippen molar-refractivity contribution >= 4 is 16.5 Å². The Morgan fingerprint density at radius 1 is 1.39 bits per heavy atom. The van der Waals surface area contributed by atoms with Gasteiger partial charge in [0.1, 0.15) is 0 Å². The van der Waals surface area contributed by atoms with Crippen molar-refractivity contribution in [2.24, 2.45) is 5.73 Å². The summed E-state index contributed by atoms with van der Waals surface area (Å²) in [5.41, 5.74) is 6.99. The van der Waals surface area contributed by atoms with Crippen molar-refractivity contribution < 1.29 is 4.74 Å². The second-order valence-electron chi connectivity index (χ2n) is 4.82. The van der Waals surface area contributed by atoms with Gasteiger partial charge in [-0.2, -0.15) is 0 Å². The predicted molar refractivity (Wildman–Crippen MR) is 75.1 cm³/mol. The SMILES string of the molecule is COCc1nc(N2CCN(C)CC2)sc1C(C)N. The van der Waals surface area contributed by atoms with Gasteiger partial charge in [0.25, 0.3) is 0 Å². The van der Waals surface area contributed by atoms with E-state index in [4.69, 9.17) is 15.5 Å². The maximum absolute atomic E-state index is 6.00. The highest BCUT2D eigenvalue weighted by atomic mass is 32.1. The summed E-state index contributed by atoms with van der Waals surface area (Å²) in [6.07, 6.45) is 0. The van der Waals surface area contributed by atoms with Gasteiger partial charge in [0.2, 0.25) is 0 Å². The van der Waals surface area contributed by atoms with Crippen molar-refractivity contribution in [2.75, 3.05) is 45.2 Å². The van der Waals surface area contributed by atoms with Crippen LogP contribution >= 0.6 is 11.3 Å². The number of nitrogens with zero attached hydrogens (tertiary/aromatic N) is 3. The number of methoxy groups -OCH3 is 1. The second-order valence-corrected chi connectivity index (χ2v) is 5.83. The lowest BCUT2D eigenvalue weighted by molar-refractivity contribution is 0.181. The Balaban J connectivity index is 2.15. The molecule has 1 atom stereocenters. The van der Waals surface area contributed by atoms with Crippen molar-refractivity contribution in [2.45, 2.75) is 19.6 Å². The monoisotopic (exact) mass is 270 g/mol. The molecule has 1 unspecified atom stereocenters. The summed E-state index contributed by atoms with van der Waals surface area (Å²) in [6, 6.07) is 0.0221. The quantitative estimate of drug-likeness (QED) is 0.886. The van der Waals surface area contributed by atoms with Crippen molar-refractivity contribution in [1.82, 2.24) is 9.88 Å². The lowest BCUT2D eigenvalue weighted by Crippen LogP contribution is -2.44. The van der Waals surface area contributed by atoms with Gasteiger partial charge < -0.3 is 20.3 Å². The minimum Gasteiger partial charge on any atom is -0.378 e. The van der Waals surface area contributed by atoms with Gasteiger partial charge in [-0.15, -0.1) is 0 Å². The Hall–Kier alpha value is -0.690. The Bertz CT molecular complexity index is 385. The first-order chi connectivity index (χ1) is 8.61. The van der Waals surface area contributed by atoms with Crippen LogP contribution in [-0.4, -0.2) is 50.2 Å². The Labute approximate surface area is 113 Å². The summed E-state index contributed by atoms with van der Waals surface area (Å²) in [4.78, 5) is 10.5. The normalized spacial score (nSPS) is 19.2. The second kappa shape index (κ2) is 5.97. The highest BCUT2D eigenvalue weighted by molar-refractivity contribution is 7.15. The van der Waals surface area contributed by atoms with E-state index in [-0.39, 0.29) is 6.04 Å². The van der Waals surface area contributed by atoms with Gasteiger partial charge in [0.15, 0.2) is 5.13 Å². The van der Waals surface area contributed by atoms with E-state index < -0.39 is 0 Å². The number of thiazole rings is 1. The van der Waals surface area contributed by atoms with Crippen LogP contribution in [0.25, 0.3) is 0 Å². The first-order valence-electron chi connectivity index (χ1n) is 6.29. The van der Waals surface area contributed by atoms with E-state index in [1.165, 1.54) is 0 Å². The molecule has 1 aromatic heterocycles. The molecule has 0 radical (unpaired) electrons. The van der Waals surface area contributed by atoms with Gasteiger partial charge in [-0.1, -0.05) is 11.3 Å². The molecular formula is C12H22N4OS. The van der Waals surface area contributed by atoms with E-state index in [1.54, 1.807) is 18.4 Å². The minimum absolute atomic E-state index is 0.0221. The summed E-state index contributed by atoms with van der Waals surface area (Å²) in [6.45, 7) is 6.80. The van der Waals surface area contributed by atoms with Gasteiger partial charge in [-0.05, 0) is 14.0 Å². The van der Waals surface area contributed by atoms with E-state index in [1.807, 2.05) is 6.92 Å². The van der Waals surface area contributed by atoms with Crippen LogP contribution in [0.1, 0.15) is 23.5 Å². The molecule has 2 rings (SSSR count). The fraction of sp³-hybridized carbons (Fsp3) is 0.750. The summed E-state index contributed by atoms with van der Waals surface area (Å²) < 4.78 is 5.20. The van der Waals surface area contributed by atoms with E-state index in [0.717, 1.165) is 41.9 Å². The average molecular weight is 270 g/mol. The van der Waals surface area contributed by atoms with E-state index >= 15 is 0 Å². The third kappa shape index (κ3) is 3.00. The van der Waals surface area contributed by atoms with Crippen LogP contribution in [-0.2, 0) is 11.3 Å². The van der Waals surface area contributed by atoms with E-state index in [2.05, 4.69) is 16.8 Å². The molecule has 6 heteroatoms. The van der Waals surface area contributed by atoms with Crippen LogP contribution in [0.4, 0.5) is 5.13 Å². The molecule has 2 heterocycles. The summed E-state index contributed by atoms with van der Waals surface area (Å²) in [7, 11) is 3.85. The van der Waals surface area contributed by atoms with E-state index in [0.29, 0.717) is 6.61 Å². The van der Waals surface area contributed by atoms with Gasteiger partial charge in [-0.25, -0.2) is 4.98 Å². The van der Waals surface area contributed by atoms with Crippen LogP contribution in [0.2, 0.25) is 0 Å². The maximum Gasteiger partial charge on any atom is 0.186 e. The summed E-state index contributed by atoms with van der Waals surface area (Å²) >= 11 is 1.71. The van der Waals surface area contributed by atoms with Crippen LogP contribution in [0.3, 0.4) is 0 Å². The predicted octanol–water partition coefficient (Wildman–Crippen LogP) is 1.06. The zero-order valence-electron chi connectivity index (χ0n) is 11.3. The van der Waals surface area contributed by atoms with Gasteiger partial charge >= 0.3 is 0 Å². The number of ether oxygens (including phenoxy) is 1. The molecule has 0 aliphatic carbocycles. The zero-order chi connectivity index (χ0) is 13.1. The molecule has 1 aliphatic rings. The fourth-order valence-electron chi connectivity index (χ4n) is 2.08. The standard InChI is InChI=1S/C12H22N4OS/c1-9(13)11-10(8-17-3)14-12(18-11)16-6-4-15(2)5-7-16/h9H,4-8,13H2,1-3H3. The highest BCUT2D eigenvalue weighted by Gasteiger charge is 2.21. The molecule has 102 valence electrons. The topological polar surface area (TPSA) is 54.6 Å². The van der Waals surface area contributed by atoms with Crippen LogP contribution in [0, 0.1) is 0 Å². The molecule has 0 amide bonds. The van der Waals surface area contributed by atoms with Gasteiger partial charge in [0, 0.05) is 44.2 Å².